The fraction of sp³-hybridized carbons (Fsp3) is 0.286. The Kier molecular flexibility index (Phi) is 4.54. The lowest BCUT2D eigenvalue weighted by atomic mass is 9.66. The molecule has 0 saturated carbocycles. The monoisotopic (exact) mass is 501 g/mol. The molecule has 2 bridgehead atoms. The Balaban J connectivity index is 1.49. The van der Waals surface area contributed by atoms with E-state index in [-0.39, 0.29) is 18.6 Å². The summed E-state index contributed by atoms with van der Waals surface area (Å²) in [6, 6.07) is 16.3. The van der Waals surface area contributed by atoms with E-state index in [0.29, 0.717) is 40.0 Å². The minimum Gasteiger partial charge on any atom is -0.493 e. The van der Waals surface area contributed by atoms with Crippen LogP contribution >= 0.6 is 0 Å². The van der Waals surface area contributed by atoms with Crippen molar-refractivity contribution in [2.45, 2.75) is 11.7 Å². The molecule has 2 amide bonds. The van der Waals surface area contributed by atoms with Crippen molar-refractivity contribution in [2.24, 2.45) is 11.8 Å². The number of carbonyl (C=O) groups excluding carboxylic acids is 2. The minimum atomic E-state index is -1.28. The number of fused-ring (bicyclic) bond motifs is 9. The second-order valence-electron chi connectivity index (χ2n) is 9.33. The number of hydrogen-bond acceptors (Lipinski definition) is 8. The molecule has 4 heterocycles. The van der Waals surface area contributed by atoms with Gasteiger partial charge in [0, 0.05) is 0 Å². The van der Waals surface area contributed by atoms with Crippen LogP contribution in [0.25, 0.3) is 0 Å². The quantitative estimate of drug-likeness (QED) is 0.490. The smallest absolute Gasteiger partial charge is 0.241 e. The summed E-state index contributed by atoms with van der Waals surface area (Å²) in [6.07, 6.45) is -0.640. The Morgan fingerprint density at radius 2 is 1.54 bits per heavy atom. The van der Waals surface area contributed by atoms with Crippen LogP contribution in [0.15, 0.2) is 54.6 Å². The molecule has 188 valence electrons. The highest BCUT2D eigenvalue weighted by Gasteiger charge is 2.72. The van der Waals surface area contributed by atoms with Crippen molar-refractivity contribution in [1.82, 2.24) is 0 Å². The summed E-state index contributed by atoms with van der Waals surface area (Å²) in [7, 11) is 4.59. The molecular formula is C28H23NO8. The molecule has 0 spiro atoms. The van der Waals surface area contributed by atoms with Gasteiger partial charge >= 0.3 is 0 Å². The van der Waals surface area contributed by atoms with Gasteiger partial charge in [-0.15, -0.1) is 0 Å². The van der Waals surface area contributed by atoms with Gasteiger partial charge in [0.15, 0.2) is 23.0 Å². The number of imide groups is 1. The number of carbonyl (C=O) groups is 2. The van der Waals surface area contributed by atoms with Crippen LogP contribution in [0.4, 0.5) is 5.69 Å². The summed E-state index contributed by atoms with van der Waals surface area (Å²) in [5, 5.41) is 0. The van der Waals surface area contributed by atoms with Gasteiger partial charge in [-0.05, 0) is 53.1 Å². The molecule has 0 aliphatic carbocycles. The molecule has 0 unspecified atom stereocenters. The predicted molar refractivity (Wildman–Crippen MR) is 129 cm³/mol. The van der Waals surface area contributed by atoms with E-state index in [2.05, 4.69) is 0 Å². The molecule has 3 aromatic rings. The Labute approximate surface area is 212 Å². The van der Waals surface area contributed by atoms with E-state index in [1.807, 2.05) is 18.2 Å². The lowest BCUT2D eigenvalue weighted by Crippen LogP contribution is -2.41. The second kappa shape index (κ2) is 7.63. The number of rotatable bonds is 5. The van der Waals surface area contributed by atoms with Crippen molar-refractivity contribution in [3.05, 3.63) is 71.3 Å². The van der Waals surface area contributed by atoms with Crippen LogP contribution in [0.5, 0.6) is 28.7 Å². The molecule has 37 heavy (non-hydrogen) atoms. The third kappa shape index (κ3) is 2.66. The minimum absolute atomic E-state index is 0.105. The van der Waals surface area contributed by atoms with Crippen molar-refractivity contribution < 1.29 is 38.0 Å². The van der Waals surface area contributed by atoms with E-state index in [4.69, 9.17) is 28.4 Å². The summed E-state index contributed by atoms with van der Waals surface area (Å²) in [6.45, 7) is 0.105. The standard InChI is InChI=1S/C28H23NO8/c1-32-20-9-14(10-21(33-2)25(20)34-3)28-17-12-19-18(35-13-36-19)11-16(17)24(37-28)22-23(28)27(31)29(26(22)30)15-7-5-4-6-8-15/h4-12,22-24H,13H2,1-3H3/t22-,23+,24-,28+/m0/s1. The highest BCUT2D eigenvalue weighted by molar-refractivity contribution is 6.23. The van der Waals surface area contributed by atoms with Gasteiger partial charge in [0.2, 0.25) is 24.4 Å². The van der Waals surface area contributed by atoms with Crippen molar-refractivity contribution >= 4 is 17.5 Å². The molecular weight excluding hydrogens is 478 g/mol. The maximum absolute atomic E-state index is 14.1. The molecule has 2 fully saturated rings. The summed E-state index contributed by atoms with van der Waals surface area (Å²) >= 11 is 0. The molecule has 2 saturated heterocycles. The molecule has 0 aromatic heterocycles. The molecule has 0 N–H and O–H groups in total. The average Bonchev–Trinajstić information content (AvgIpc) is 3.67. The summed E-state index contributed by atoms with van der Waals surface area (Å²) in [5.41, 5.74) is 1.43. The molecule has 9 nitrogen and oxygen atoms in total. The Morgan fingerprint density at radius 1 is 0.865 bits per heavy atom. The second-order valence-corrected chi connectivity index (χ2v) is 9.33. The van der Waals surface area contributed by atoms with Gasteiger partial charge < -0.3 is 28.4 Å². The van der Waals surface area contributed by atoms with Crippen LogP contribution < -0.4 is 28.6 Å². The number of benzene rings is 3. The van der Waals surface area contributed by atoms with Crippen LogP contribution in [-0.2, 0) is 19.9 Å². The van der Waals surface area contributed by atoms with Crippen molar-refractivity contribution in [3.8, 4) is 28.7 Å². The van der Waals surface area contributed by atoms with Gasteiger partial charge in [0.1, 0.15) is 5.60 Å². The normalized spacial score (nSPS) is 26.4. The zero-order chi connectivity index (χ0) is 25.5. The largest absolute Gasteiger partial charge is 0.493 e. The van der Waals surface area contributed by atoms with E-state index in [1.54, 1.807) is 36.4 Å². The number of amides is 2. The van der Waals surface area contributed by atoms with Crippen LogP contribution in [-0.4, -0.2) is 39.9 Å². The zero-order valence-electron chi connectivity index (χ0n) is 20.3. The van der Waals surface area contributed by atoms with Gasteiger partial charge in [-0.2, -0.15) is 0 Å². The van der Waals surface area contributed by atoms with Crippen LogP contribution in [0.2, 0.25) is 0 Å². The van der Waals surface area contributed by atoms with Crippen molar-refractivity contribution in [1.29, 1.82) is 0 Å². The lowest BCUT2D eigenvalue weighted by molar-refractivity contribution is -0.127. The topological polar surface area (TPSA) is 92.8 Å². The summed E-state index contributed by atoms with van der Waals surface area (Å²) in [4.78, 5) is 29.3. The van der Waals surface area contributed by atoms with Gasteiger partial charge in [0.25, 0.3) is 0 Å². The van der Waals surface area contributed by atoms with Crippen molar-refractivity contribution in [2.75, 3.05) is 33.0 Å². The van der Waals surface area contributed by atoms with E-state index in [1.165, 1.54) is 26.2 Å². The molecule has 0 radical (unpaired) electrons. The number of ether oxygens (including phenoxy) is 6. The third-order valence-electron chi connectivity index (χ3n) is 7.79. The Morgan fingerprint density at radius 3 is 2.19 bits per heavy atom. The third-order valence-corrected chi connectivity index (χ3v) is 7.79. The number of nitrogens with zero attached hydrogens (tertiary/aromatic N) is 1. The molecule has 4 aliphatic rings. The molecule has 7 rings (SSSR count). The first-order chi connectivity index (χ1) is 18.0. The maximum Gasteiger partial charge on any atom is 0.241 e. The van der Waals surface area contributed by atoms with E-state index in [9.17, 15) is 9.59 Å². The highest BCUT2D eigenvalue weighted by atomic mass is 16.7. The fourth-order valence-corrected chi connectivity index (χ4v) is 6.30. The Hall–Kier alpha value is -4.24. The van der Waals surface area contributed by atoms with E-state index in [0.717, 1.165) is 11.1 Å². The van der Waals surface area contributed by atoms with Gasteiger partial charge in [-0.1, -0.05) is 18.2 Å². The lowest BCUT2D eigenvalue weighted by Gasteiger charge is -2.34. The van der Waals surface area contributed by atoms with Crippen LogP contribution in [0, 0.1) is 11.8 Å². The van der Waals surface area contributed by atoms with E-state index >= 15 is 0 Å². The molecule has 4 aliphatic heterocycles. The highest BCUT2D eigenvalue weighted by Crippen LogP contribution is 2.68. The molecule has 4 atom stereocenters. The average molecular weight is 501 g/mol. The summed E-state index contributed by atoms with van der Waals surface area (Å²) < 4.78 is 34.8. The number of anilines is 1. The number of para-hydroxylation sites is 1. The molecule has 3 aromatic carbocycles. The molecule has 9 heteroatoms. The first kappa shape index (κ1) is 22.0. The zero-order valence-corrected chi connectivity index (χ0v) is 20.3. The van der Waals surface area contributed by atoms with Gasteiger partial charge in [0.05, 0.1) is 45.0 Å². The number of hydrogen-bond donors (Lipinski definition) is 0. The van der Waals surface area contributed by atoms with Crippen molar-refractivity contribution in [3.63, 3.8) is 0 Å². The SMILES string of the molecule is COc1cc([C@@]23O[C@@H](c4cc5c(cc42)OCO5)[C@H]2C(=O)N(c4ccccc4)C(=O)[C@@H]23)cc(OC)c1OC. The van der Waals surface area contributed by atoms with Crippen LogP contribution in [0.1, 0.15) is 22.8 Å². The Bertz CT molecular complexity index is 1450. The first-order valence-corrected chi connectivity index (χ1v) is 11.9. The van der Waals surface area contributed by atoms with E-state index < -0.39 is 23.5 Å². The van der Waals surface area contributed by atoms with Gasteiger partial charge in [-0.25, -0.2) is 4.90 Å². The summed E-state index contributed by atoms with van der Waals surface area (Å²) in [5.74, 6) is 0.282. The first-order valence-electron chi connectivity index (χ1n) is 11.9. The fourth-order valence-electron chi connectivity index (χ4n) is 6.30. The van der Waals surface area contributed by atoms with Gasteiger partial charge in [-0.3, -0.25) is 9.59 Å². The number of methoxy groups -OCH3 is 3. The maximum atomic E-state index is 14.1. The van der Waals surface area contributed by atoms with Crippen LogP contribution in [0.3, 0.4) is 0 Å². The predicted octanol–water partition coefficient (Wildman–Crippen LogP) is 3.58.